The van der Waals surface area contributed by atoms with Gasteiger partial charge in [0.25, 0.3) is 0 Å². The normalized spacial score (nSPS) is 21.0. The van der Waals surface area contributed by atoms with E-state index >= 15 is 0 Å². The molecule has 20 nitrogen and oxygen atoms in total. The molecule has 48 heavy (non-hydrogen) atoms. The van der Waals surface area contributed by atoms with Crippen LogP contribution in [0.1, 0.15) is 32.3 Å². The Kier molecular flexibility index (Phi) is 12.8. The van der Waals surface area contributed by atoms with Gasteiger partial charge in [-0.2, -0.15) is 13.6 Å². The van der Waals surface area contributed by atoms with Crippen LogP contribution in [-0.2, 0) is 36.3 Å². The molecule has 6 N–H and O–H groups in total. The van der Waals surface area contributed by atoms with E-state index in [2.05, 4.69) is 47.8 Å². The SMILES string of the molecule is Cc1nnc(-c2ccc(BC(C)(C)SSCO[C@@H]3C[C@H](n4ccc(N)nc4=O)OC3COP(=O)(O)OP(=O)(O)OP(=O)(O)O)cc2)nn1. The molecular weight excluding hydrogens is 738 g/mol. The monoisotopic (exact) mass is 769 g/mol. The van der Waals surface area contributed by atoms with Crippen molar-refractivity contribution in [3.63, 3.8) is 0 Å². The molecule has 0 radical (unpaired) electrons. The highest BCUT2D eigenvalue weighted by Gasteiger charge is 2.43. The summed E-state index contributed by atoms with van der Waals surface area (Å²) in [6, 6.07) is 9.08. The average molecular weight is 769 g/mol. The van der Waals surface area contributed by atoms with Gasteiger partial charge in [0, 0.05) is 18.2 Å². The lowest BCUT2D eigenvalue weighted by Crippen LogP contribution is -2.33. The van der Waals surface area contributed by atoms with Crippen LogP contribution in [0.4, 0.5) is 5.82 Å². The quantitative estimate of drug-likeness (QED) is 0.0450. The molecule has 0 bridgehead atoms. The van der Waals surface area contributed by atoms with Crippen molar-refractivity contribution in [3.05, 3.63) is 52.8 Å². The molecule has 0 saturated carbocycles. The minimum absolute atomic E-state index is 0.0203. The molecule has 3 aromatic rings. The third-order valence-corrected chi connectivity index (χ3v) is 12.9. The molecule has 1 aliphatic heterocycles. The van der Waals surface area contributed by atoms with Gasteiger partial charge in [0.15, 0.2) is 13.1 Å². The van der Waals surface area contributed by atoms with Crippen LogP contribution in [0.5, 0.6) is 0 Å². The summed E-state index contributed by atoms with van der Waals surface area (Å²) in [7, 11) is -13.1. The Hall–Kier alpha value is -2.07. The number of benzene rings is 1. The van der Waals surface area contributed by atoms with Gasteiger partial charge in [-0.05, 0) is 17.6 Å². The predicted molar refractivity (Wildman–Crippen MR) is 175 cm³/mol. The number of phosphoric acid groups is 3. The number of nitrogen functional groups attached to an aromatic ring is 1. The average Bonchev–Trinajstić information content (AvgIpc) is 3.35. The van der Waals surface area contributed by atoms with Gasteiger partial charge in [-0.15, -0.1) is 20.4 Å². The molecule has 1 saturated heterocycles. The van der Waals surface area contributed by atoms with Crippen molar-refractivity contribution in [2.24, 2.45) is 0 Å². The minimum Gasteiger partial charge on any atom is -0.383 e. The summed E-state index contributed by atoms with van der Waals surface area (Å²) in [4.78, 5) is 52.8. The third kappa shape index (κ3) is 12.1. The molecule has 1 aromatic carbocycles. The number of ether oxygens (including phenoxy) is 2. The predicted octanol–water partition coefficient (Wildman–Crippen LogP) is 1.23. The molecule has 0 aliphatic carbocycles. The van der Waals surface area contributed by atoms with E-state index in [0.29, 0.717) is 18.9 Å². The zero-order chi connectivity index (χ0) is 35.3. The van der Waals surface area contributed by atoms with Gasteiger partial charge < -0.3 is 34.8 Å². The van der Waals surface area contributed by atoms with Gasteiger partial charge in [-0.25, -0.2) is 18.5 Å². The smallest absolute Gasteiger partial charge is 0.383 e. The Morgan fingerprint density at radius 3 is 2.33 bits per heavy atom. The Morgan fingerprint density at radius 1 is 1.04 bits per heavy atom. The molecule has 0 amide bonds. The van der Waals surface area contributed by atoms with E-state index in [1.165, 1.54) is 23.1 Å². The van der Waals surface area contributed by atoms with Crippen LogP contribution in [0, 0.1) is 6.92 Å². The van der Waals surface area contributed by atoms with Crippen molar-refractivity contribution in [2.45, 2.75) is 50.3 Å². The zero-order valence-electron chi connectivity index (χ0n) is 25.4. The molecule has 2 aromatic heterocycles. The summed E-state index contributed by atoms with van der Waals surface area (Å²) in [6.45, 7) is 5.04. The Morgan fingerprint density at radius 2 is 1.71 bits per heavy atom. The second kappa shape index (κ2) is 15.9. The van der Waals surface area contributed by atoms with Gasteiger partial charge in [-0.3, -0.25) is 9.09 Å². The van der Waals surface area contributed by atoms with E-state index in [0.717, 1.165) is 15.6 Å². The highest BCUT2D eigenvalue weighted by Crippen LogP contribution is 2.66. The number of aryl methyl sites for hydroxylation is 1. The number of aromatic nitrogens is 6. The first-order valence-electron chi connectivity index (χ1n) is 13.6. The van der Waals surface area contributed by atoms with E-state index in [-0.39, 0.29) is 22.8 Å². The fraction of sp³-hybridized carbons (Fsp3) is 0.455. The lowest BCUT2D eigenvalue weighted by atomic mass is 9.60. The number of hydrogen-bond acceptors (Lipinski definition) is 17. The Balaban J connectivity index is 1.35. The first-order valence-corrected chi connectivity index (χ1v) is 20.5. The standard InChI is InChI=1S/C22H31BN7O13P3S2/c1-13-26-28-20(29-27-13)14-4-6-15(7-5-14)23-22(2,3)48-47-12-39-16-10-19(30-9-8-18(24)25-21(30)31)41-17(16)11-40-45(35,36)43-46(37,38)42-44(32,33)34/h4-9,16-17,19,23H,10-12H2,1-3H3,(H,35,36)(H,37,38)(H2,24,25,31)(H2,32,33,34)/t16-,17?,19-/m1/s1. The van der Waals surface area contributed by atoms with Crippen molar-refractivity contribution < 1.29 is 55.9 Å². The fourth-order valence-corrected chi connectivity index (χ4v) is 9.60. The van der Waals surface area contributed by atoms with E-state index in [1.54, 1.807) is 17.7 Å². The molecule has 1 fully saturated rings. The second-order valence-electron chi connectivity index (χ2n) is 10.7. The van der Waals surface area contributed by atoms with Crippen LogP contribution in [0.2, 0.25) is 0 Å². The zero-order valence-corrected chi connectivity index (χ0v) is 29.7. The second-order valence-corrected chi connectivity index (χ2v) is 18.1. The number of nitrogens with two attached hydrogens (primary N) is 1. The van der Waals surface area contributed by atoms with E-state index in [1.807, 2.05) is 24.3 Å². The summed E-state index contributed by atoms with van der Waals surface area (Å²) >= 11 is 0. The molecule has 3 unspecified atom stereocenters. The van der Waals surface area contributed by atoms with Crippen LogP contribution >= 0.6 is 45.1 Å². The van der Waals surface area contributed by atoms with Gasteiger partial charge in [0.1, 0.15) is 24.1 Å². The van der Waals surface area contributed by atoms with Gasteiger partial charge in [0.2, 0.25) is 5.82 Å². The van der Waals surface area contributed by atoms with E-state index in [4.69, 9.17) is 29.5 Å². The van der Waals surface area contributed by atoms with Crippen molar-refractivity contribution in [1.29, 1.82) is 0 Å². The lowest BCUT2D eigenvalue weighted by molar-refractivity contribution is -0.0542. The van der Waals surface area contributed by atoms with Crippen molar-refractivity contribution in [3.8, 4) is 11.4 Å². The maximum Gasteiger partial charge on any atom is 0.490 e. The number of nitrogens with zero attached hydrogens (tertiary/aromatic N) is 6. The maximum absolute atomic E-state index is 12.4. The topological polar surface area (TPSA) is 291 Å². The molecule has 262 valence electrons. The van der Waals surface area contributed by atoms with Crippen LogP contribution in [0.15, 0.2) is 41.3 Å². The third-order valence-electron chi connectivity index (χ3n) is 6.20. The summed E-state index contributed by atoms with van der Waals surface area (Å²) in [5.41, 5.74) is 6.68. The first-order chi connectivity index (χ1) is 22.3. The van der Waals surface area contributed by atoms with E-state index < -0.39 is 54.2 Å². The van der Waals surface area contributed by atoms with Crippen LogP contribution < -0.4 is 16.9 Å². The van der Waals surface area contributed by atoms with Crippen molar-refractivity contribution in [1.82, 2.24) is 29.9 Å². The number of phosphoric ester groups is 1. The first kappa shape index (κ1) is 38.7. The maximum atomic E-state index is 12.4. The molecule has 1 aliphatic rings. The molecule has 4 rings (SSSR count). The Labute approximate surface area is 281 Å². The highest BCUT2D eigenvalue weighted by molar-refractivity contribution is 8.77. The molecular formula is C22H31BN7O13P3S2. The molecule has 26 heteroatoms. The van der Waals surface area contributed by atoms with Gasteiger partial charge in [-0.1, -0.05) is 65.2 Å². The number of hydrogen-bond donors (Lipinski definition) is 5. The summed E-state index contributed by atoms with van der Waals surface area (Å²) in [6.07, 6.45) is -1.50. The van der Waals surface area contributed by atoms with Crippen molar-refractivity contribution in [2.75, 3.05) is 18.3 Å². The van der Waals surface area contributed by atoms with Gasteiger partial charge in [0.05, 0.1) is 12.7 Å². The van der Waals surface area contributed by atoms with Crippen LogP contribution in [0.25, 0.3) is 11.4 Å². The van der Waals surface area contributed by atoms with Gasteiger partial charge >= 0.3 is 29.2 Å². The van der Waals surface area contributed by atoms with Crippen LogP contribution in [0.3, 0.4) is 0 Å². The highest BCUT2D eigenvalue weighted by atomic mass is 33.1. The molecule has 3 heterocycles. The largest absolute Gasteiger partial charge is 0.490 e. The summed E-state index contributed by atoms with van der Waals surface area (Å²) in [5, 5.41) is 16.0. The van der Waals surface area contributed by atoms with E-state index in [9.17, 15) is 28.3 Å². The fourth-order valence-electron chi connectivity index (χ4n) is 4.30. The minimum atomic E-state index is -5.72. The molecule has 0 spiro atoms. The van der Waals surface area contributed by atoms with Crippen molar-refractivity contribution >= 4 is 63.6 Å². The number of rotatable bonds is 16. The number of anilines is 1. The summed E-state index contributed by atoms with van der Waals surface area (Å²) in [5.74, 6) is 0.987. The molecule has 5 atom stereocenters. The van der Waals surface area contributed by atoms with Crippen LogP contribution in [-0.4, -0.2) is 86.2 Å². The summed E-state index contributed by atoms with van der Waals surface area (Å²) < 4.78 is 59.8. The Bertz CT molecular complexity index is 1770. The lowest BCUT2D eigenvalue weighted by Gasteiger charge is -2.24.